The molecule has 6 nitrogen and oxygen atoms in total. The molecule has 0 bridgehead atoms. The minimum absolute atomic E-state index is 0.0310. The average molecular weight is 410 g/mol. The Hall–Kier alpha value is -2.09. The van der Waals surface area contributed by atoms with Crippen LogP contribution in [0, 0.1) is 5.82 Å². The molecule has 3 rings (SSSR count). The van der Waals surface area contributed by atoms with Gasteiger partial charge in [-0.15, -0.1) is 0 Å². The average Bonchev–Trinajstić information content (AvgIpc) is 2.89. The van der Waals surface area contributed by atoms with E-state index in [1.54, 1.807) is 16.8 Å². The number of hydrogen-bond acceptors (Lipinski definition) is 4. The standard InChI is InChI=1S/C17H21BrFN5O/c1-2-14-16(18)17(20)21-24(14)11-15(25)23-9-7-22(8-10-23)13-5-3-12(19)4-6-13/h3-6H,2,7-11H2,1H3,(H2,20,21). The second-order valence-corrected chi connectivity index (χ2v) is 6.79. The minimum Gasteiger partial charge on any atom is -0.381 e. The van der Waals surface area contributed by atoms with Gasteiger partial charge in [-0.05, 0) is 46.6 Å². The molecule has 0 atom stereocenters. The highest BCUT2D eigenvalue weighted by Gasteiger charge is 2.23. The smallest absolute Gasteiger partial charge is 0.244 e. The number of benzene rings is 1. The van der Waals surface area contributed by atoms with Gasteiger partial charge in [-0.1, -0.05) is 6.92 Å². The summed E-state index contributed by atoms with van der Waals surface area (Å²) in [6.45, 7) is 4.91. The lowest BCUT2D eigenvalue weighted by Gasteiger charge is -2.36. The van der Waals surface area contributed by atoms with Crippen molar-refractivity contribution in [2.45, 2.75) is 19.9 Å². The fourth-order valence-electron chi connectivity index (χ4n) is 3.06. The van der Waals surface area contributed by atoms with Gasteiger partial charge in [-0.2, -0.15) is 5.10 Å². The highest BCUT2D eigenvalue weighted by Crippen LogP contribution is 2.24. The quantitative estimate of drug-likeness (QED) is 0.840. The molecule has 0 saturated carbocycles. The molecule has 1 aromatic carbocycles. The van der Waals surface area contributed by atoms with Gasteiger partial charge < -0.3 is 15.5 Å². The molecule has 2 N–H and O–H groups in total. The fourth-order valence-corrected chi connectivity index (χ4v) is 3.62. The van der Waals surface area contributed by atoms with Crippen LogP contribution in [0.2, 0.25) is 0 Å². The van der Waals surface area contributed by atoms with Gasteiger partial charge in [-0.25, -0.2) is 4.39 Å². The van der Waals surface area contributed by atoms with Crippen molar-refractivity contribution in [3.63, 3.8) is 0 Å². The molecule has 1 saturated heterocycles. The van der Waals surface area contributed by atoms with Crippen LogP contribution in [0.4, 0.5) is 15.9 Å². The first-order chi connectivity index (χ1) is 12.0. The van der Waals surface area contributed by atoms with E-state index in [4.69, 9.17) is 5.73 Å². The molecule has 0 spiro atoms. The van der Waals surface area contributed by atoms with E-state index in [0.717, 1.165) is 35.4 Å². The molecule has 1 aromatic heterocycles. The number of rotatable bonds is 4. The summed E-state index contributed by atoms with van der Waals surface area (Å²) >= 11 is 3.42. The largest absolute Gasteiger partial charge is 0.381 e. The Morgan fingerprint density at radius 3 is 2.48 bits per heavy atom. The van der Waals surface area contributed by atoms with Gasteiger partial charge in [0, 0.05) is 31.9 Å². The van der Waals surface area contributed by atoms with Crippen molar-refractivity contribution in [2.75, 3.05) is 36.8 Å². The molecule has 2 aromatic rings. The molecule has 1 fully saturated rings. The first kappa shape index (κ1) is 17.7. The van der Waals surface area contributed by atoms with Gasteiger partial charge in [-0.3, -0.25) is 9.48 Å². The Kier molecular flexibility index (Phi) is 5.27. The van der Waals surface area contributed by atoms with Crippen LogP contribution < -0.4 is 10.6 Å². The maximum atomic E-state index is 13.0. The summed E-state index contributed by atoms with van der Waals surface area (Å²) in [7, 11) is 0. The molecule has 0 aliphatic carbocycles. The lowest BCUT2D eigenvalue weighted by molar-refractivity contribution is -0.132. The number of halogens is 2. The lowest BCUT2D eigenvalue weighted by Crippen LogP contribution is -2.49. The van der Waals surface area contributed by atoms with Crippen LogP contribution in [0.5, 0.6) is 0 Å². The molecule has 2 heterocycles. The second kappa shape index (κ2) is 7.43. The minimum atomic E-state index is -0.242. The number of nitrogens with two attached hydrogens (primary N) is 1. The molecule has 0 radical (unpaired) electrons. The molecule has 1 aliphatic rings. The summed E-state index contributed by atoms with van der Waals surface area (Å²) in [4.78, 5) is 16.6. The Balaban J connectivity index is 1.60. The van der Waals surface area contributed by atoms with Crippen LogP contribution in [0.15, 0.2) is 28.7 Å². The van der Waals surface area contributed by atoms with Crippen molar-refractivity contribution < 1.29 is 9.18 Å². The first-order valence-electron chi connectivity index (χ1n) is 8.28. The van der Waals surface area contributed by atoms with Crippen LogP contribution in [-0.2, 0) is 17.8 Å². The zero-order valence-electron chi connectivity index (χ0n) is 14.1. The zero-order chi connectivity index (χ0) is 18.0. The third-order valence-electron chi connectivity index (χ3n) is 4.46. The number of nitrogen functional groups attached to an aromatic ring is 1. The van der Waals surface area contributed by atoms with Gasteiger partial charge in [0.15, 0.2) is 5.82 Å². The third kappa shape index (κ3) is 3.78. The van der Waals surface area contributed by atoms with E-state index in [-0.39, 0.29) is 18.3 Å². The van der Waals surface area contributed by atoms with E-state index in [0.29, 0.717) is 18.9 Å². The van der Waals surface area contributed by atoms with Gasteiger partial charge in [0.2, 0.25) is 5.91 Å². The predicted octanol–water partition coefficient (Wildman–Crippen LogP) is 2.28. The van der Waals surface area contributed by atoms with Crippen molar-refractivity contribution >= 4 is 33.3 Å². The van der Waals surface area contributed by atoms with Crippen molar-refractivity contribution in [3.8, 4) is 0 Å². The Morgan fingerprint density at radius 1 is 1.24 bits per heavy atom. The van der Waals surface area contributed by atoms with Crippen molar-refractivity contribution in [1.82, 2.24) is 14.7 Å². The lowest BCUT2D eigenvalue weighted by atomic mass is 10.2. The maximum Gasteiger partial charge on any atom is 0.244 e. The fraction of sp³-hybridized carbons (Fsp3) is 0.412. The maximum absolute atomic E-state index is 13.0. The number of hydrogen-bond donors (Lipinski definition) is 1. The molecule has 25 heavy (non-hydrogen) atoms. The summed E-state index contributed by atoms with van der Waals surface area (Å²) < 4.78 is 15.5. The number of anilines is 2. The number of nitrogens with zero attached hydrogens (tertiary/aromatic N) is 4. The molecule has 0 unspecified atom stereocenters. The summed E-state index contributed by atoms with van der Waals surface area (Å²) in [5, 5.41) is 4.24. The van der Waals surface area contributed by atoms with Crippen LogP contribution in [0.1, 0.15) is 12.6 Å². The summed E-state index contributed by atoms with van der Waals surface area (Å²) in [6.07, 6.45) is 0.746. The highest BCUT2D eigenvalue weighted by atomic mass is 79.9. The molecule has 8 heteroatoms. The first-order valence-corrected chi connectivity index (χ1v) is 9.07. The Labute approximate surface area is 154 Å². The number of carbonyl (C=O) groups excluding carboxylic acids is 1. The molecule has 1 aliphatic heterocycles. The van der Waals surface area contributed by atoms with Gasteiger partial charge in [0.1, 0.15) is 12.4 Å². The van der Waals surface area contributed by atoms with E-state index >= 15 is 0 Å². The number of amides is 1. The SMILES string of the molecule is CCc1c(Br)c(N)nn1CC(=O)N1CCN(c2ccc(F)cc2)CC1. The topological polar surface area (TPSA) is 67.4 Å². The Morgan fingerprint density at radius 2 is 1.88 bits per heavy atom. The number of piperazine rings is 1. The van der Waals surface area contributed by atoms with Crippen LogP contribution in [0.3, 0.4) is 0 Å². The zero-order valence-corrected chi connectivity index (χ0v) is 15.7. The van der Waals surface area contributed by atoms with Crippen molar-refractivity contribution in [1.29, 1.82) is 0 Å². The second-order valence-electron chi connectivity index (χ2n) is 6.00. The third-order valence-corrected chi connectivity index (χ3v) is 5.33. The molecule has 134 valence electrons. The normalized spacial score (nSPS) is 14.8. The van der Waals surface area contributed by atoms with Crippen LogP contribution in [-0.4, -0.2) is 46.8 Å². The molecule has 1 amide bonds. The summed E-state index contributed by atoms with van der Waals surface area (Å²) in [5.41, 5.74) is 7.73. The predicted molar refractivity (Wildman–Crippen MR) is 98.9 cm³/mol. The molecular weight excluding hydrogens is 389 g/mol. The van der Waals surface area contributed by atoms with E-state index in [1.807, 2.05) is 11.8 Å². The summed E-state index contributed by atoms with van der Waals surface area (Å²) in [5.74, 6) is 0.197. The van der Waals surface area contributed by atoms with Gasteiger partial charge >= 0.3 is 0 Å². The van der Waals surface area contributed by atoms with Crippen molar-refractivity contribution in [2.24, 2.45) is 0 Å². The number of carbonyl (C=O) groups is 1. The Bertz CT molecular complexity index is 753. The van der Waals surface area contributed by atoms with Crippen LogP contribution in [0.25, 0.3) is 0 Å². The van der Waals surface area contributed by atoms with E-state index in [2.05, 4.69) is 25.9 Å². The monoisotopic (exact) mass is 409 g/mol. The van der Waals surface area contributed by atoms with Crippen LogP contribution >= 0.6 is 15.9 Å². The van der Waals surface area contributed by atoms with E-state index in [1.165, 1.54) is 12.1 Å². The molecular formula is C17H21BrFN5O. The van der Waals surface area contributed by atoms with Crippen molar-refractivity contribution in [3.05, 3.63) is 40.2 Å². The van der Waals surface area contributed by atoms with Gasteiger partial charge in [0.05, 0.1) is 10.2 Å². The van der Waals surface area contributed by atoms with E-state index < -0.39 is 0 Å². The van der Waals surface area contributed by atoms with E-state index in [9.17, 15) is 9.18 Å². The van der Waals surface area contributed by atoms with Gasteiger partial charge in [0.25, 0.3) is 0 Å². The highest BCUT2D eigenvalue weighted by molar-refractivity contribution is 9.10. The number of aromatic nitrogens is 2. The summed E-state index contributed by atoms with van der Waals surface area (Å²) in [6, 6.07) is 6.45.